The molecule has 3 N–H and O–H groups in total. The lowest BCUT2D eigenvalue weighted by Gasteiger charge is -2.13. The second-order valence-corrected chi connectivity index (χ2v) is 5.89. The summed E-state index contributed by atoms with van der Waals surface area (Å²) in [5.74, 6) is 0.630. The highest BCUT2D eigenvalue weighted by Gasteiger charge is 2.16. The van der Waals surface area contributed by atoms with Crippen LogP contribution in [0.1, 0.15) is 28.8 Å². The van der Waals surface area contributed by atoms with Crippen LogP contribution in [-0.4, -0.2) is 58.4 Å². The molecular weight excluding hydrogens is 447 g/mol. The lowest BCUT2D eigenvalue weighted by atomic mass is 10.1. The summed E-state index contributed by atoms with van der Waals surface area (Å²) in [7, 11) is 3.38. The van der Waals surface area contributed by atoms with Gasteiger partial charge in [0.05, 0.1) is 12.7 Å². The van der Waals surface area contributed by atoms with Gasteiger partial charge in [0.15, 0.2) is 5.96 Å². The number of amides is 1. The number of hydrogen-bond acceptors (Lipinski definition) is 4. The maximum absolute atomic E-state index is 12.3. The van der Waals surface area contributed by atoms with Gasteiger partial charge in [-0.25, -0.2) is 0 Å². The van der Waals surface area contributed by atoms with Gasteiger partial charge >= 0.3 is 0 Å². The average Bonchev–Trinajstić information content (AvgIpc) is 3.16. The molecule has 1 aromatic carbocycles. The third-order valence-electron chi connectivity index (χ3n) is 3.99. The molecule has 1 aliphatic heterocycles. The van der Waals surface area contributed by atoms with Gasteiger partial charge in [0, 0.05) is 46.0 Å². The molecule has 8 heteroatoms. The molecule has 0 saturated carbocycles. The monoisotopic (exact) mass is 476 g/mol. The highest BCUT2D eigenvalue weighted by atomic mass is 127. The van der Waals surface area contributed by atoms with Crippen molar-refractivity contribution in [3.05, 3.63) is 35.4 Å². The molecule has 1 atom stereocenters. The zero-order valence-electron chi connectivity index (χ0n) is 15.4. The van der Waals surface area contributed by atoms with Gasteiger partial charge in [-0.3, -0.25) is 9.79 Å². The first-order valence-corrected chi connectivity index (χ1v) is 8.65. The molecule has 0 bridgehead atoms. The van der Waals surface area contributed by atoms with Crippen LogP contribution in [0.4, 0.5) is 0 Å². The summed E-state index contributed by atoms with van der Waals surface area (Å²) in [5, 5.41) is 9.31. The number of guanidine groups is 1. The number of benzene rings is 1. The Morgan fingerprint density at radius 2 is 2.19 bits per heavy atom. The summed E-state index contributed by atoms with van der Waals surface area (Å²) in [6, 6.07) is 7.58. The third kappa shape index (κ3) is 7.88. The molecule has 0 spiro atoms. The second kappa shape index (κ2) is 12.9. The first-order chi connectivity index (χ1) is 12.2. The van der Waals surface area contributed by atoms with Crippen molar-refractivity contribution >= 4 is 35.8 Å². The number of nitrogens with zero attached hydrogens (tertiary/aromatic N) is 1. The van der Waals surface area contributed by atoms with Crippen molar-refractivity contribution in [3.8, 4) is 0 Å². The minimum atomic E-state index is -0.0695. The van der Waals surface area contributed by atoms with Gasteiger partial charge in [-0.2, -0.15) is 0 Å². The SMILES string of the molecule is CN=C(NCCOC)NCc1cccc(C(=O)NCC2CCCO2)c1.I. The van der Waals surface area contributed by atoms with Crippen molar-refractivity contribution in [3.63, 3.8) is 0 Å². The van der Waals surface area contributed by atoms with E-state index < -0.39 is 0 Å². The van der Waals surface area contributed by atoms with Crippen molar-refractivity contribution in [1.29, 1.82) is 0 Å². The number of aliphatic imine (C=N–C) groups is 1. The molecular formula is C18H29IN4O3. The number of rotatable bonds is 8. The van der Waals surface area contributed by atoms with E-state index in [-0.39, 0.29) is 36.0 Å². The van der Waals surface area contributed by atoms with Gasteiger partial charge in [0.2, 0.25) is 0 Å². The largest absolute Gasteiger partial charge is 0.383 e. The Morgan fingerprint density at radius 1 is 1.35 bits per heavy atom. The fourth-order valence-corrected chi connectivity index (χ4v) is 2.61. The van der Waals surface area contributed by atoms with E-state index in [1.807, 2.05) is 24.3 Å². The Kier molecular flexibility index (Phi) is 11.2. The van der Waals surface area contributed by atoms with Crippen molar-refractivity contribution in [2.75, 3.05) is 40.5 Å². The van der Waals surface area contributed by atoms with Crippen molar-refractivity contribution in [2.24, 2.45) is 4.99 Å². The fourth-order valence-electron chi connectivity index (χ4n) is 2.61. The normalized spacial score (nSPS) is 16.7. The second-order valence-electron chi connectivity index (χ2n) is 5.89. The minimum Gasteiger partial charge on any atom is -0.383 e. The van der Waals surface area contributed by atoms with E-state index in [1.54, 1.807) is 14.2 Å². The maximum atomic E-state index is 12.3. The molecule has 1 heterocycles. The number of carbonyl (C=O) groups is 1. The summed E-state index contributed by atoms with van der Waals surface area (Å²) in [4.78, 5) is 16.4. The van der Waals surface area contributed by atoms with Crippen LogP contribution in [0.25, 0.3) is 0 Å². The predicted octanol–water partition coefficient (Wildman–Crippen LogP) is 1.52. The Hall–Kier alpha value is -1.39. The van der Waals surface area contributed by atoms with E-state index in [9.17, 15) is 4.79 Å². The van der Waals surface area contributed by atoms with Crippen molar-refractivity contribution in [2.45, 2.75) is 25.5 Å². The van der Waals surface area contributed by atoms with Gasteiger partial charge in [0.1, 0.15) is 0 Å². The molecule has 1 fully saturated rings. The van der Waals surface area contributed by atoms with Crippen molar-refractivity contribution in [1.82, 2.24) is 16.0 Å². The third-order valence-corrected chi connectivity index (χ3v) is 3.99. The van der Waals surface area contributed by atoms with Crippen LogP contribution in [-0.2, 0) is 16.0 Å². The molecule has 7 nitrogen and oxygen atoms in total. The summed E-state index contributed by atoms with van der Waals surface area (Å²) < 4.78 is 10.5. The van der Waals surface area contributed by atoms with Crippen LogP contribution in [0.5, 0.6) is 0 Å². The quantitative estimate of drug-likeness (QED) is 0.230. The number of methoxy groups -OCH3 is 1. The molecule has 146 valence electrons. The Bertz CT molecular complexity index is 577. The van der Waals surface area contributed by atoms with Crippen LogP contribution >= 0.6 is 24.0 Å². The molecule has 1 unspecified atom stereocenters. The van der Waals surface area contributed by atoms with Crippen LogP contribution in [0.3, 0.4) is 0 Å². The molecule has 1 saturated heterocycles. The molecule has 26 heavy (non-hydrogen) atoms. The number of nitrogens with one attached hydrogen (secondary N) is 3. The maximum Gasteiger partial charge on any atom is 0.251 e. The van der Waals surface area contributed by atoms with E-state index >= 15 is 0 Å². The van der Waals surface area contributed by atoms with Gasteiger partial charge < -0.3 is 25.4 Å². The minimum absolute atomic E-state index is 0. The number of halogens is 1. The number of ether oxygens (including phenoxy) is 2. The standard InChI is InChI=1S/C18H28N4O3.HI/c1-19-18(20-8-10-24-2)22-12-14-5-3-6-15(11-14)17(23)21-13-16-7-4-9-25-16;/h3,5-6,11,16H,4,7-10,12-13H2,1-2H3,(H,21,23)(H2,19,20,22);1H. The molecule has 1 aliphatic rings. The van der Waals surface area contributed by atoms with Crippen LogP contribution < -0.4 is 16.0 Å². The van der Waals surface area contributed by atoms with E-state index in [2.05, 4.69) is 20.9 Å². The van der Waals surface area contributed by atoms with Gasteiger partial charge in [-0.15, -0.1) is 24.0 Å². The van der Waals surface area contributed by atoms with E-state index in [4.69, 9.17) is 9.47 Å². The Morgan fingerprint density at radius 3 is 2.88 bits per heavy atom. The summed E-state index contributed by atoms with van der Waals surface area (Å²) in [5.41, 5.74) is 1.67. The first-order valence-electron chi connectivity index (χ1n) is 8.65. The van der Waals surface area contributed by atoms with Gasteiger partial charge in [0.25, 0.3) is 5.91 Å². The van der Waals surface area contributed by atoms with Crippen molar-refractivity contribution < 1.29 is 14.3 Å². The lowest BCUT2D eigenvalue weighted by Crippen LogP contribution is -2.38. The average molecular weight is 476 g/mol. The topological polar surface area (TPSA) is 84.0 Å². The molecule has 0 aromatic heterocycles. The summed E-state index contributed by atoms with van der Waals surface area (Å²) in [6.45, 7) is 3.24. The first kappa shape index (κ1) is 22.7. The van der Waals surface area contributed by atoms with Gasteiger partial charge in [-0.1, -0.05) is 12.1 Å². The van der Waals surface area contributed by atoms with E-state index in [0.29, 0.717) is 37.8 Å². The van der Waals surface area contributed by atoms with Crippen LogP contribution in [0.2, 0.25) is 0 Å². The van der Waals surface area contributed by atoms with E-state index in [1.165, 1.54) is 0 Å². The van der Waals surface area contributed by atoms with Crippen LogP contribution in [0, 0.1) is 0 Å². The zero-order chi connectivity index (χ0) is 17.9. The van der Waals surface area contributed by atoms with E-state index in [0.717, 1.165) is 25.0 Å². The van der Waals surface area contributed by atoms with Crippen LogP contribution in [0.15, 0.2) is 29.3 Å². The Balaban J connectivity index is 0.00000338. The molecule has 1 aromatic rings. The number of hydrogen-bond donors (Lipinski definition) is 3. The summed E-state index contributed by atoms with van der Waals surface area (Å²) >= 11 is 0. The highest BCUT2D eigenvalue weighted by Crippen LogP contribution is 2.11. The number of carbonyl (C=O) groups excluding carboxylic acids is 1. The fraction of sp³-hybridized carbons (Fsp3) is 0.556. The molecule has 0 radical (unpaired) electrons. The summed E-state index contributed by atoms with van der Waals surface area (Å²) in [6.07, 6.45) is 2.23. The Labute approximate surface area is 172 Å². The highest BCUT2D eigenvalue weighted by molar-refractivity contribution is 14.0. The predicted molar refractivity (Wildman–Crippen MR) is 113 cm³/mol. The molecule has 0 aliphatic carbocycles. The zero-order valence-corrected chi connectivity index (χ0v) is 17.7. The van der Waals surface area contributed by atoms with Gasteiger partial charge in [-0.05, 0) is 30.5 Å². The molecule has 2 rings (SSSR count). The molecule has 1 amide bonds. The lowest BCUT2D eigenvalue weighted by molar-refractivity contribution is 0.0857. The smallest absolute Gasteiger partial charge is 0.251 e.